The van der Waals surface area contributed by atoms with E-state index in [9.17, 15) is 28.8 Å². The molecule has 4 saturated carbocycles. The van der Waals surface area contributed by atoms with Gasteiger partial charge in [-0.05, 0) is 77.2 Å². The maximum atomic E-state index is 10.4. The van der Waals surface area contributed by atoms with Crippen LogP contribution >= 0.6 is 18.8 Å². The fourth-order valence-corrected chi connectivity index (χ4v) is 5.24. The van der Waals surface area contributed by atoms with E-state index in [0.29, 0.717) is 25.3 Å². The van der Waals surface area contributed by atoms with Crippen LogP contribution < -0.4 is 11.1 Å². The van der Waals surface area contributed by atoms with Gasteiger partial charge in [-0.25, -0.2) is 0 Å². The van der Waals surface area contributed by atoms with Crippen LogP contribution in [0.15, 0.2) is 0 Å². The van der Waals surface area contributed by atoms with Crippen LogP contribution in [0.1, 0.15) is 96.3 Å². The molecule has 1 aliphatic heterocycles. The molecule has 20 nitrogen and oxygen atoms in total. The smallest absolute Gasteiger partial charge is 0.693 e. The Hall–Kier alpha value is -0.167. The van der Waals surface area contributed by atoms with Gasteiger partial charge in [-0.1, -0.05) is 25.7 Å². The summed E-state index contributed by atoms with van der Waals surface area (Å²) in [6.07, 6.45) is 10.6. The summed E-state index contributed by atoms with van der Waals surface area (Å²) >= 11 is -0.472. The fraction of sp³-hybridized carbons (Fsp3) is 0.793. The third-order valence-electron chi connectivity index (χ3n) is 9.29. The van der Waals surface area contributed by atoms with E-state index in [0.717, 1.165) is 19.4 Å². The molecular weight excluding hydrogens is 1500 g/mol. The van der Waals surface area contributed by atoms with Gasteiger partial charge in [-0.15, -0.1) is 0 Å². The molecule has 0 aromatic rings. The molecule has 0 amide bonds. The first kappa shape index (κ1) is 72.4. The van der Waals surface area contributed by atoms with Crippen LogP contribution in [0.25, 0.3) is 36.1 Å². The number of hydrogen-bond acceptors (Lipinski definition) is 8. The predicted octanol–water partition coefficient (Wildman–Crippen LogP) is 7.31. The zero-order chi connectivity index (χ0) is 37.1. The Morgan fingerprint density at radius 2 is 0.782 bits per heavy atom. The second-order valence-corrected chi connectivity index (χ2v) is 15.5. The molecule has 336 valence electrons. The number of aliphatic carboxylic acids is 6. The summed E-state index contributed by atoms with van der Waals surface area (Å²) in [5.74, 6) is -7.22. The largest absolute Gasteiger partial charge is 2.00 e. The summed E-state index contributed by atoms with van der Waals surface area (Å²) < 4.78 is 0. The topological polar surface area (TPSA) is 443 Å². The van der Waals surface area contributed by atoms with E-state index in [-0.39, 0.29) is 138 Å². The number of rotatable bonds is 7. The zero-order valence-corrected chi connectivity index (χ0v) is 40.4. The molecule has 0 aromatic heterocycles. The van der Waals surface area contributed by atoms with E-state index in [1.807, 2.05) is 0 Å². The number of halogens is 2. The first-order valence-electron chi connectivity index (χ1n) is 15.5. The third kappa shape index (κ3) is 22.7. The van der Waals surface area contributed by atoms with Gasteiger partial charge in [0.05, 0.1) is 0 Å². The molecular formula is C29H56Cl2N8O12Pt4+2. The number of carboxylic acids is 6. The van der Waals surface area contributed by atoms with E-state index in [1.54, 1.807) is 0 Å². The SMILES string of the molecule is NC[C@@H]1CCCN1.O=C(O)C1(C(=O)O)CCC1.O=C(O)C1(C(=O)O)CCC1.O=C(O)C1(C(=O)O)CCC1.[Cl][Pt+2][Cl].[NH-][C@H]1CCCC[C@@H]1[NH-].[NH2-].[NH2-].[NH2-].[NH2-].[Pt+2].[Pt+2].[Pt+2]. The molecule has 5 fully saturated rings. The Bertz CT molecular complexity index is 937. The van der Waals surface area contributed by atoms with Gasteiger partial charge in [-0.2, -0.15) is 12.1 Å². The van der Waals surface area contributed by atoms with Crippen molar-refractivity contribution in [1.29, 1.82) is 0 Å². The molecule has 0 bridgehead atoms. The van der Waals surface area contributed by atoms with Crippen LogP contribution in [0.4, 0.5) is 0 Å². The number of hydrogen-bond donors (Lipinski definition) is 8. The molecule has 26 heteroatoms. The maximum Gasteiger partial charge on any atom is 2.00 e. The fourth-order valence-electron chi connectivity index (χ4n) is 5.24. The quantitative estimate of drug-likeness (QED) is 0.116. The van der Waals surface area contributed by atoms with Gasteiger partial charge < -0.3 is 77.8 Å². The van der Waals surface area contributed by atoms with Crippen molar-refractivity contribution in [2.75, 3.05) is 13.1 Å². The van der Waals surface area contributed by atoms with Gasteiger partial charge >= 0.3 is 134 Å². The normalized spacial score (nSPS) is 21.7. The van der Waals surface area contributed by atoms with E-state index in [2.05, 4.69) is 5.32 Å². The minimum absolute atomic E-state index is 0. The molecule has 0 unspecified atom stereocenters. The van der Waals surface area contributed by atoms with Crippen LogP contribution in [0.2, 0.25) is 0 Å². The monoisotopic (exact) mass is 1560 g/mol. The Morgan fingerprint density at radius 1 is 0.545 bits per heavy atom. The van der Waals surface area contributed by atoms with Crippen molar-refractivity contribution in [3.63, 3.8) is 0 Å². The van der Waals surface area contributed by atoms with Crippen LogP contribution in [0.3, 0.4) is 0 Å². The van der Waals surface area contributed by atoms with E-state index >= 15 is 0 Å². The van der Waals surface area contributed by atoms with Crippen molar-refractivity contribution in [2.24, 2.45) is 22.0 Å². The molecule has 55 heavy (non-hydrogen) atoms. The first-order valence-corrected chi connectivity index (χ1v) is 21.2. The number of nitrogens with one attached hydrogen (secondary N) is 3. The Kier molecular flexibility index (Phi) is 48.6. The van der Waals surface area contributed by atoms with Crippen LogP contribution in [-0.4, -0.2) is 97.7 Å². The van der Waals surface area contributed by atoms with E-state index in [4.69, 9.17) is 66.7 Å². The van der Waals surface area contributed by atoms with Crippen molar-refractivity contribution in [2.45, 2.75) is 114 Å². The molecule has 1 saturated heterocycles. The molecule has 5 aliphatic rings. The first-order chi connectivity index (χ1) is 22.4. The van der Waals surface area contributed by atoms with Gasteiger partial charge in [-0.3, -0.25) is 28.8 Å². The number of carbonyl (C=O) groups is 6. The molecule has 4 aliphatic carbocycles. The minimum Gasteiger partial charge on any atom is -0.693 e. The van der Waals surface area contributed by atoms with Crippen molar-refractivity contribution < 1.29 is 139 Å². The molecule has 19 N–H and O–H groups in total. The van der Waals surface area contributed by atoms with Gasteiger partial charge in [0.15, 0.2) is 16.2 Å². The summed E-state index contributed by atoms with van der Waals surface area (Å²) in [5, 5.41) is 54.1. The van der Waals surface area contributed by atoms with E-state index in [1.165, 1.54) is 32.2 Å². The van der Waals surface area contributed by atoms with E-state index < -0.39 is 68.5 Å². The summed E-state index contributed by atoms with van der Waals surface area (Å²) in [5.41, 5.74) is 15.6. The number of nitrogens with two attached hydrogens (primary N) is 5. The third-order valence-corrected chi connectivity index (χ3v) is 9.29. The summed E-state index contributed by atoms with van der Waals surface area (Å²) in [7, 11) is 9.75. The Morgan fingerprint density at radius 3 is 0.855 bits per heavy atom. The number of carboxylic acid groups (broad SMARTS) is 6. The minimum atomic E-state index is -1.44. The van der Waals surface area contributed by atoms with Gasteiger partial charge in [0.25, 0.3) is 0 Å². The second-order valence-electron chi connectivity index (χ2n) is 12.2. The summed E-state index contributed by atoms with van der Waals surface area (Å²) in [6.45, 7) is 1.97. The average Bonchev–Trinajstić information content (AvgIpc) is 3.43. The molecule has 5 rings (SSSR count). The molecule has 1 heterocycles. The summed E-state index contributed by atoms with van der Waals surface area (Å²) in [4.78, 5) is 62.2. The van der Waals surface area contributed by atoms with Gasteiger partial charge in [0, 0.05) is 12.6 Å². The summed E-state index contributed by atoms with van der Waals surface area (Å²) in [6, 6.07) is 0.465. The Labute approximate surface area is 381 Å². The average molecular weight is 1560 g/mol. The van der Waals surface area contributed by atoms with Gasteiger partial charge in [0.2, 0.25) is 0 Å². The standard InChI is InChI=1S/C6H12N2.3C6H8O4.C5H12N2.2ClH.4H2N.4Pt/c7-5-3-1-2-4-6(5)8;3*7-4(8)6(5(9)10)2-1-3-6;6-4-5-2-1-3-7-5;;;;;;;;;;/h5-8H,1-4H2;3*1-3H2,(H,7,8)(H,9,10);5,7H,1-4,6H2;2*1H;4*1H2;;;;/q-2;;;;;;;4*-1;3*+2;+4/p-2/t5-,6-;;;;5-;;;;;;;;;;/m0...0........../s1. The predicted molar refractivity (Wildman–Crippen MR) is 192 cm³/mol. The maximum absolute atomic E-state index is 10.4. The van der Waals surface area contributed by atoms with Crippen molar-refractivity contribution in [1.82, 2.24) is 5.32 Å². The molecule has 0 aromatic carbocycles. The van der Waals surface area contributed by atoms with Gasteiger partial charge in [0.1, 0.15) is 0 Å². The van der Waals surface area contributed by atoms with Crippen LogP contribution in [0.5, 0.6) is 0 Å². The molecule has 0 spiro atoms. The second kappa shape index (κ2) is 36.9. The molecule has 0 radical (unpaired) electrons. The van der Waals surface area contributed by atoms with Crippen molar-refractivity contribution in [3.05, 3.63) is 36.1 Å². The zero-order valence-electron chi connectivity index (χ0n) is 29.8. The van der Waals surface area contributed by atoms with Crippen LogP contribution in [-0.2, 0) is 108 Å². The van der Waals surface area contributed by atoms with Crippen molar-refractivity contribution in [3.8, 4) is 0 Å². The molecule has 3 atom stereocenters. The Balaban J connectivity index is -0.0000000800. The van der Waals surface area contributed by atoms with Crippen molar-refractivity contribution >= 4 is 54.7 Å². The van der Waals surface area contributed by atoms with Crippen LogP contribution in [0, 0.1) is 16.2 Å².